The van der Waals surface area contributed by atoms with Crippen LogP contribution in [0.1, 0.15) is 23.3 Å². The average Bonchev–Trinajstić information content (AvgIpc) is 2.53. The van der Waals surface area contributed by atoms with Crippen LogP contribution < -0.4 is 15.6 Å². The molecule has 1 heterocycles. The summed E-state index contributed by atoms with van der Waals surface area (Å²) in [6.07, 6.45) is 1.48. The Morgan fingerprint density at radius 1 is 1.18 bits per heavy atom. The molecule has 2 aromatic rings. The van der Waals surface area contributed by atoms with E-state index in [-0.39, 0.29) is 23.0 Å². The Labute approximate surface area is 126 Å². The highest BCUT2D eigenvalue weighted by Crippen LogP contribution is 2.11. The number of nitrogens with one attached hydrogen (secondary N) is 2. The van der Waals surface area contributed by atoms with Gasteiger partial charge in [-0.3, -0.25) is 9.59 Å². The molecule has 22 heavy (non-hydrogen) atoms. The molecule has 6 nitrogen and oxygen atoms in total. The topological polar surface area (TPSA) is 84.1 Å². The van der Waals surface area contributed by atoms with Crippen molar-refractivity contribution >= 4 is 5.91 Å². The summed E-state index contributed by atoms with van der Waals surface area (Å²) in [4.78, 5) is 22.5. The van der Waals surface area contributed by atoms with Crippen LogP contribution >= 0.6 is 0 Å². The molecule has 0 unspecified atom stereocenters. The van der Waals surface area contributed by atoms with E-state index in [0.29, 0.717) is 18.9 Å². The smallest absolute Gasteiger partial charge is 0.271 e. The normalized spacial score (nSPS) is 10.2. The summed E-state index contributed by atoms with van der Waals surface area (Å²) in [6, 6.07) is 8.43. The van der Waals surface area contributed by atoms with Crippen molar-refractivity contribution in [3.63, 3.8) is 0 Å². The summed E-state index contributed by atoms with van der Waals surface area (Å²) in [7, 11) is 0. The van der Waals surface area contributed by atoms with Gasteiger partial charge < -0.3 is 10.1 Å². The molecule has 2 rings (SSSR count). The molecule has 0 saturated heterocycles. The molecule has 0 atom stereocenters. The fraction of sp³-hybridized carbons (Fsp3) is 0.267. The number of aromatic amines is 1. The molecule has 0 radical (unpaired) electrons. The molecular weight excluding hydrogens is 289 g/mol. The van der Waals surface area contributed by atoms with Gasteiger partial charge in [0.25, 0.3) is 11.5 Å². The van der Waals surface area contributed by atoms with Crippen LogP contribution in [-0.4, -0.2) is 29.3 Å². The van der Waals surface area contributed by atoms with Crippen LogP contribution in [0.15, 0.2) is 41.2 Å². The number of hydrogen-bond acceptors (Lipinski definition) is 4. The quantitative estimate of drug-likeness (QED) is 0.759. The van der Waals surface area contributed by atoms with Crippen LogP contribution in [0.5, 0.6) is 5.75 Å². The maximum atomic E-state index is 12.7. The van der Waals surface area contributed by atoms with E-state index in [1.165, 1.54) is 24.3 Å². The van der Waals surface area contributed by atoms with Crippen LogP contribution in [0.3, 0.4) is 0 Å². The number of rotatable bonds is 7. The first kappa shape index (κ1) is 15.7. The van der Waals surface area contributed by atoms with Crippen LogP contribution in [0.2, 0.25) is 0 Å². The zero-order valence-electron chi connectivity index (χ0n) is 11.8. The van der Waals surface area contributed by atoms with Gasteiger partial charge in [-0.15, -0.1) is 0 Å². The zero-order valence-corrected chi connectivity index (χ0v) is 11.8. The molecule has 7 heteroatoms. The maximum Gasteiger partial charge on any atom is 0.271 e. The van der Waals surface area contributed by atoms with Gasteiger partial charge in [0.1, 0.15) is 17.3 Å². The number of amides is 1. The van der Waals surface area contributed by atoms with E-state index in [0.717, 1.165) is 12.8 Å². The van der Waals surface area contributed by atoms with Gasteiger partial charge in [0.2, 0.25) is 0 Å². The molecule has 0 aliphatic heterocycles. The SMILES string of the molecule is O=C(NCCCCOc1ccc(F)cc1)c1ccc(=O)[nH]n1. The zero-order chi connectivity index (χ0) is 15.8. The second kappa shape index (κ2) is 7.92. The summed E-state index contributed by atoms with van der Waals surface area (Å²) in [5.74, 6) is -0.0236. The lowest BCUT2D eigenvalue weighted by molar-refractivity contribution is 0.0946. The van der Waals surface area contributed by atoms with Crippen LogP contribution in [0.25, 0.3) is 0 Å². The number of H-pyrrole nitrogens is 1. The largest absolute Gasteiger partial charge is 0.494 e. The molecule has 1 aromatic carbocycles. The number of nitrogens with zero attached hydrogens (tertiary/aromatic N) is 1. The number of carbonyl (C=O) groups is 1. The standard InChI is InChI=1S/C15H16FN3O3/c16-11-3-5-12(6-4-11)22-10-2-1-9-17-15(21)13-7-8-14(20)19-18-13/h3-8H,1-2,9-10H2,(H,17,21)(H,19,20). The molecule has 2 N–H and O–H groups in total. The lowest BCUT2D eigenvalue weighted by Crippen LogP contribution is -2.26. The molecule has 0 spiro atoms. The van der Waals surface area contributed by atoms with Crippen molar-refractivity contribution in [2.75, 3.05) is 13.2 Å². The van der Waals surface area contributed by atoms with Gasteiger partial charge in [0.05, 0.1) is 6.61 Å². The van der Waals surface area contributed by atoms with Crippen molar-refractivity contribution in [1.29, 1.82) is 0 Å². The van der Waals surface area contributed by atoms with Crippen LogP contribution in [-0.2, 0) is 0 Å². The highest BCUT2D eigenvalue weighted by atomic mass is 19.1. The molecule has 0 aliphatic rings. The lowest BCUT2D eigenvalue weighted by atomic mass is 10.3. The molecule has 0 bridgehead atoms. The molecule has 116 valence electrons. The number of aromatic nitrogens is 2. The van der Waals surface area contributed by atoms with E-state index in [2.05, 4.69) is 15.5 Å². The highest BCUT2D eigenvalue weighted by Gasteiger charge is 2.05. The first-order valence-corrected chi connectivity index (χ1v) is 6.87. The fourth-order valence-electron chi connectivity index (χ4n) is 1.71. The Morgan fingerprint density at radius 3 is 2.64 bits per heavy atom. The minimum atomic E-state index is -0.352. The summed E-state index contributed by atoms with van der Waals surface area (Å²) in [5.41, 5.74) is -0.184. The number of carbonyl (C=O) groups excluding carboxylic acids is 1. The summed E-state index contributed by atoms with van der Waals surface area (Å²) in [6.45, 7) is 0.963. The molecular formula is C15H16FN3O3. The van der Waals surface area contributed by atoms with Crippen molar-refractivity contribution in [1.82, 2.24) is 15.5 Å². The Morgan fingerprint density at radius 2 is 1.95 bits per heavy atom. The Balaban J connectivity index is 1.61. The maximum absolute atomic E-state index is 12.7. The molecule has 1 amide bonds. The number of unbranched alkanes of at least 4 members (excludes halogenated alkanes) is 1. The highest BCUT2D eigenvalue weighted by molar-refractivity contribution is 5.91. The number of ether oxygens (including phenoxy) is 1. The fourth-order valence-corrected chi connectivity index (χ4v) is 1.71. The number of benzene rings is 1. The first-order chi connectivity index (χ1) is 10.6. The van der Waals surface area contributed by atoms with Crippen molar-refractivity contribution in [2.24, 2.45) is 0 Å². The minimum Gasteiger partial charge on any atom is -0.494 e. The average molecular weight is 305 g/mol. The predicted molar refractivity (Wildman–Crippen MR) is 78.3 cm³/mol. The van der Waals surface area contributed by atoms with Gasteiger partial charge in [-0.05, 0) is 43.2 Å². The van der Waals surface area contributed by atoms with Gasteiger partial charge in [-0.1, -0.05) is 0 Å². The van der Waals surface area contributed by atoms with Gasteiger partial charge >= 0.3 is 0 Å². The monoisotopic (exact) mass is 305 g/mol. The van der Waals surface area contributed by atoms with Gasteiger partial charge in [0.15, 0.2) is 0 Å². The summed E-state index contributed by atoms with van der Waals surface area (Å²) in [5, 5.41) is 8.53. The second-order valence-electron chi connectivity index (χ2n) is 4.57. The first-order valence-electron chi connectivity index (χ1n) is 6.87. The number of halogens is 1. The van der Waals surface area contributed by atoms with Crippen molar-refractivity contribution < 1.29 is 13.9 Å². The molecule has 0 fully saturated rings. The van der Waals surface area contributed by atoms with Crippen LogP contribution in [0, 0.1) is 5.82 Å². The van der Waals surface area contributed by atoms with Gasteiger partial charge in [0, 0.05) is 12.6 Å². The van der Waals surface area contributed by atoms with E-state index in [1.807, 2.05) is 0 Å². The third kappa shape index (κ3) is 5.01. The summed E-state index contributed by atoms with van der Waals surface area (Å²) >= 11 is 0. The van der Waals surface area contributed by atoms with Crippen molar-refractivity contribution in [3.8, 4) is 5.75 Å². The lowest BCUT2D eigenvalue weighted by Gasteiger charge is -2.07. The minimum absolute atomic E-state index is 0.169. The van der Waals surface area contributed by atoms with E-state index in [1.54, 1.807) is 12.1 Å². The molecule has 0 saturated carbocycles. The van der Waals surface area contributed by atoms with E-state index >= 15 is 0 Å². The molecule has 1 aromatic heterocycles. The van der Waals surface area contributed by atoms with E-state index < -0.39 is 0 Å². The second-order valence-corrected chi connectivity index (χ2v) is 4.57. The Hall–Kier alpha value is -2.70. The van der Waals surface area contributed by atoms with E-state index in [4.69, 9.17) is 4.74 Å². The Bertz CT molecular complexity index is 650. The van der Waals surface area contributed by atoms with E-state index in [9.17, 15) is 14.0 Å². The van der Waals surface area contributed by atoms with Crippen molar-refractivity contribution in [2.45, 2.75) is 12.8 Å². The number of hydrogen-bond donors (Lipinski definition) is 2. The van der Waals surface area contributed by atoms with Gasteiger partial charge in [-0.2, -0.15) is 5.10 Å². The Kier molecular flexibility index (Phi) is 5.65. The third-order valence-electron chi connectivity index (χ3n) is 2.85. The summed E-state index contributed by atoms with van der Waals surface area (Å²) < 4.78 is 18.1. The predicted octanol–water partition coefficient (Wildman–Crippen LogP) is 1.50. The van der Waals surface area contributed by atoms with Gasteiger partial charge in [-0.25, -0.2) is 9.49 Å². The molecule has 0 aliphatic carbocycles. The van der Waals surface area contributed by atoms with Crippen molar-refractivity contribution in [3.05, 3.63) is 58.3 Å². The van der Waals surface area contributed by atoms with Crippen LogP contribution in [0.4, 0.5) is 4.39 Å². The third-order valence-corrected chi connectivity index (χ3v) is 2.85.